The Bertz CT molecular complexity index is 129. The number of halogens is 1. The summed E-state index contributed by atoms with van der Waals surface area (Å²) in [6.07, 6.45) is -7.14. The van der Waals surface area contributed by atoms with Crippen LogP contribution in [0.1, 0.15) is 6.92 Å². The van der Waals surface area contributed by atoms with Gasteiger partial charge in [-0.15, -0.1) is 0 Å². The number of aliphatic hydroxyl groups is 3. The van der Waals surface area contributed by atoms with Crippen molar-refractivity contribution in [3.8, 4) is 0 Å². The molecule has 0 aromatic rings. The molecule has 0 aliphatic carbocycles. The maximum Gasteiger partial charge on any atom is 0.189 e. The Morgan fingerprint density at radius 1 is 1.18 bits per heavy atom. The third-order valence-electron chi connectivity index (χ3n) is 1.78. The summed E-state index contributed by atoms with van der Waals surface area (Å²) in [6, 6.07) is 0. The van der Waals surface area contributed by atoms with E-state index in [4.69, 9.17) is 15.3 Å². The largest absolute Gasteiger partial charge is 0.388 e. The minimum absolute atomic E-state index is 0.744. The van der Waals surface area contributed by atoms with E-state index in [-0.39, 0.29) is 0 Å². The first kappa shape index (κ1) is 8.86. The average molecular weight is 166 g/mol. The van der Waals surface area contributed by atoms with E-state index in [2.05, 4.69) is 4.74 Å². The van der Waals surface area contributed by atoms with Crippen molar-refractivity contribution in [2.24, 2.45) is 0 Å². The van der Waals surface area contributed by atoms with E-state index in [1.165, 1.54) is 6.92 Å². The molecule has 5 atom stereocenters. The van der Waals surface area contributed by atoms with Crippen molar-refractivity contribution in [3.63, 3.8) is 0 Å². The second-order valence-electron chi connectivity index (χ2n) is 2.66. The lowest BCUT2D eigenvalue weighted by molar-refractivity contribution is -0.261. The molecule has 1 rings (SSSR count). The molecule has 1 aliphatic rings. The monoisotopic (exact) mass is 166 g/mol. The first-order chi connectivity index (χ1) is 5.04. The van der Waals surface area contributed by atoms with Crippen molar-refractivity contribution in [1.29, 1.82) is 0 Å². The van der Waals surface area contributed by atoms with Gasteiger partial charge in [0.2, 0.25) is 0 Å². The van der Waals surface area contributed by atoms with Crippen LogP contribution in [0, 0.1) is 0 Å². The fraction of sp³-hybridized carbons (Fsp3) is 1.00. The van der Waals surface area contributed by atoms with Gasteiger partial charge in [-0.2, -0.15) is 0 Å². The normalized spacial score (nSPS) is 52.6. The molecule has 3 N–H and O–H groups in total. The lowest BCUT2D eigenvalue weighted by Crippen LogP contribution is -2.54. The van der Waals surface area contributed by atoms with Gasteiger partial charge in [0.15, 0.2) is 12.5 Å². The Morgan fingerprint density at radius 2 is 1.73 bits per heavy atom. The zero-order valence-electron chi connectivity index (χ0n) is 6.01. The van der Waals surface area contributed by atoms with E-state index in [1.54, 1.807) is 0 Å². The minimum Gasteiger partial charge on any atom is -0.388 e. The lowest BCUT2D eigenvalue weighted by Gasteiger charge is -2.35. The molecule has 0 unspecified atom stereocenters. The fourth-order valence-electron chi connectivity index (χ4n) is 1.01. The van der Waals surface area contributed by atoms with Gasteiger partial charge in [0.25, 0.3) is 0 Å². The summed E-state index contributed by atoms with van der Waals surface area (Å²) in [6.45, 7) is 1.45. The first-order valence-electron chi connectivity index (χ1n) is 3.37. The molecule has 1 fully saturated rings. The van der Waals surface area contributed by atoms with Crippen LogP contribution in [0.15, 0.2) is 0 Å². The van der Waals surface area contributed by atoms with Crippen LogP contribution in [-0.2, 0) is 4.74 Å². The molecule has 66 valence electrons. The molecule has 0 aromatic carbocycles. The highest BCUT2D eigenvalue weighted by atomic mass is 19.1. The Balaban J connectivity index is 2.63. The molecule has 0 bridgehead atoms. The summed E-state index contributed by atoms with van der Waals surface area (Å²) >= 11 is 0. The van der Waals surface area contributed by atoms with Gasteiger partial charge in [0.05, 0.1) is 6.10 Å². The van der Waals surface area contributed by atoms with Gasteiger partial charge >= 0.3 is 0 Å². The third kappa shape index (κ3) is 1.51. The van der Waals surface area contributed by atoms with Gasteiger partial charge in [-0.05, 0) is 6.92 Å². The Morgan fingerprint density at radius 3 is 2.27 bits per heavy atom. The number of aliphatic hydroxyl groups excluding tert-OH is 3. The van der Waals surface area contributed by atoms with Crippen LogP contribution in [0.25, 0.3) is 0 Å². The van der Waals surface area contributed by atoms with Crippen molar-refractivity contribution < 1.29 is 24.4 Å². The number of rotatable bonds is 0. The van der Waals surface area contributed by atoms with Gasteiger partial charge in [0.1, 0.15) is 12.2 Å². The first-order valence-corrected chi connectivity index (χ1v) is 3.37. The SMILES string of the molecule is C[C@@H]1O[C@@H](O)[C@H](F)[C@H](O)[C@@H]1O. The maximum atomic E-state index is 12.6. The van der Waals surface area contributed by atoms with Gasteiger partial charge in [-0.3, -0.25) is 0 Å². The molecular weight excluding hydrogens is 155 g/mol. The summed E-state index contributed by atoms with van der Waals surface area (Å²) < 4.78 is 17.2. The van der Waals surface area contributed by atoms with Gasteiger partial charge in [0, 0.05) is 0 Å². The molecule has 0 saturated carbocycles. The van der Waals surface area contributed by atoms with E-state index in [1.807, 2.05) is 0 Å². The van der Waals surface area contributed by atoms with Crippen molar-refractivity contribution in [1.82, 2.24) is 0 Å². The van der Waals surface area contributed by atoms with Crippen LogP contribution < -0.4 is 0 Å². The van der Waals surface area contributed by atoms with Gasteiger partial charge < -0.3 is 20.1 Å². The molecule has 1 aliphatic heterocycles. The van der Waals surface area contributed by atoms with Gasteiger partial charge in [-0.1, -0.05) is 0 Å². The third-order valence-corrected chi connectivity index (χ3v) is 1.78. The molecule has 0 radical (unpaired) electrons. The number of ether oxygens (including phenoxy) is 1. The maximum absolute atomic E-state index is 12.6. The zero-order chi connectivity index (χ0) is 8.59. The van der Waals surface area contributed by atoms with E-state index < -0.39 is 30.8 Å². The van der Waals surface area contributed by atoms with Crippen LogP contribution in [-0.4, -0.2) is 46.1 Å². The summed E-state index contributed by atoms with van der Waals surface area (Å²) in [5, 5.41) is 26.7. The van der Waals surface area contributed by atoms with E-state index in [0.717, 1.165) is 0 Å². The topological polar surface area (TPSA) is 69.9 Å². The van der Waals surface area contributed by atoms with Crippen LogP contribution >= 0.6 is 0 Å². The second-order valence-corrected chi connectivity index (χ2v) is 2.66. The lowest BCUT2D eigenvalue weighted by atomic mass is 10.0. The molecule has 0 aromatic heterocycles. The Hall–Kier alpha value is -0.230. The quantitative estimate of drug-likeness (QED) is 0.422. The Kier molecular flexibility index (Phi) is 2.43. The summed E-state index contributed by atoms with van der Waals surface area (Å²) in [5.74, 6) is 0. The zero-order valence-corrected chi connectivity index (χ0v) is 6.01. The van der Waals surface area contributed by atoms with Crippen LogP contribution in [0.2, 0.25) is 0 Å². The van der Waals surface area contributed by atoms with E-state index in [0.29, 0.717) is 0 Å². The molecule has 0 amide bonds. The Labute approximate surface area is 63.2 Å². The predicted octanol–water partition coefficient (Wildman–Crippen LogP) is -1.22. The van der Waals surface area contributed by atoms with E-state index >= 15 is 0 Å². The minimum atomic E-state index is -1.93. The molecule has 4 nitrogen and oxygen atoms in total. The van der Waals surface area contributed by atoms with Crippen molar-refractivity contribution in [2.45, 2.75) is 37.7 Å². The predicted molar refractivity (Wildman–Crippen MR) is 33.5 cm³/mol. The standard InChI is InChI=1S/C6H11FO4/c1-2-4(8)5(9)3(7)6(10)11-2/h2-6,8-10H,1H3/t2-,3+,4+,5-,6+/m0/s1. The van der Waals surface area contributed by atoms with Crippen molar-refractivity contribution >= 4 is 0 Å². The molecule has 1 heterocycles. The van der Waals surface area contributed by atoms with Gasteiger partial charge in [-0.25, -0.2) is 4.39 Å². The number of alkyl halides is 1. The highest BCUT2D eigenvalue weighted by Crippen LogP contribution is 2.21. The smallest absolute Gasteiger partial charge is 0.189 e. The highest BCUT2D eigenvalue weighted by Gasteiger charge is 2.42. The average Bonchev–Trinajstić information content (AvgIpc) is 1.97. The van der Waals surface area contributed by atoms with Crippen molar-refractivity contribution in [3.05, 3.63) is 0 Å². The van der Waals surface area contributed by atoms with Crippen LogP contribution in [0.5, 0.6) is 0 Å². The second kappa shape index (κ2) is 3.02. The summed E-state index contributed by atoms with van der Waals surface area (Å²) in [5.41, 5.74) is 0. The van der Waals surface area contributed by atoms with E-state index in [9.17, 15) is 4.39 Å². The molecule has 1 saturated heterocycles. The molecular formula is C6H11FO4. The van der Waals surface area contributed by atoms with Crippen LogP contribution in [0.4, 0.5) is 4.39 Å². The number of hydrogen-bond acceptors (Lipinski definition) is 4. The van der Waals surface area contributed by atoms with Crippen LogP contribution in [0.3, 0.4) is 0 Å². The number of hydrogen-bond donors (Lipinski definition) is 3. The fourth-order valence-corrected chi connectivity index (χ4v) is 1.01. The molecule has 5 heteroatoms. The highest BCUT2D eigenvalue weighted by molar-refractivity contribution is 4.86. The molecule has 0 spiro atoms. The molecule has 11 heavy (non-hydrogen) atoms. The van der Waals surface area contributed by atoms with Crippen molar-refractivity contribution in [2.75, 3.05) is 0 Å². The summed E-state index contributed by atoms with van der Waals surface area (Å²) in [4.78, 5) is 0. The summed E-state index contributed by atoms with van der Waals surface area (Å²) in [7, 11) is 0.